The Bertz CT molecular complexity index is 760. The number of rotatable bonds is 1. The average molecular weight is 420 g/mol. The van der Waals surface area contributed by atoms with Crippen molar-refractivity contribution in [3.63, 3.8) is 0 Å². The van der Waals surface area contributed by atoms with Crippen molar-refractivity contribution in [3.8, 4) is 0 Å². The summed E-state index contributed by atoms with van der Waals surface area (Å²) in [6.45, 7) is 1.16. The topological polar surface area (TPSA) is 69.7 Å². The smallest absolute Gasteiger partial charge is 0.256 e. The molecule has 1 saturated carbocycles. The van der Waals surface area contributed by atoms with Crippen LogP contribution in [0.3, 0.4) is 0 Å². The lowest BCUT2D eigenvalue weighted by Gasteiger charge is -2.40. The highest BCUT2D eigenvalue weighted by molar-refractivity contribution is 9.10. The predicted octanol–water partition coefficient (Wildman–Crippen LogP) is 2.63. The lowest BCUT2D eigenvalue weighted by atomic mass is 9.88. The number of amides is 3. The van der Waals surface area contributed by atoms with E-state index in [0.29, 0.717) is 24.3 Å². The van der Waals surface area contributed by atoms with E-state index in [1.165, 1.54) is 6.42 Å². The zero-order chi connectivity index (χ0) is 18.3. The molecule has 1 aromatic rings. The first-order valence-electron chi connectivity index (χ1n) is 9.25. The van der Waals surface area contributed by atoms with Gasteiger partial charge in [-0.15, -0.1) is 0 Å². The highest BCUT2D eigenvalue weighted by Gasteiger charge is 2.41. The fraction of sp³-hybridized carbons (Fsp3) is 0.526. The van der Waals surface area contributed by atoms with Crippen LogP contribution >= 0.6 is 15.9 Å². The third kappa shape index (κ3) is 3.13. The van der Waals surface area contributed by atoms with E-state index < -0.39 is 6.04 Å². The molecular formula is C19H22BrN3O3. The van der Waals surface area contributed by atoms with Crippen LogP contribution in [0.4, 0.5) is 5.69 Å². The third-order valence-corrected chi connectivity index (χ3v) is 6.17. The summed E-state index contributed by atoms with van der Waals surface area (Å²) < 4.78 is 0.795. The Morgan fingerprint density at radius 2 is 1.88 bits per heavy atom. The Morgan fingerprint density at radius 3 is 2.65 bits per heavy atom. The molecular weight excluding hydrogens is 398 g/mol. The van der Waals surface area contributed by atoms with E-state index in [4.69, 9.17) is 0 Å². The van der Waals surface area contributed by atoms with Crippen LogP contribution in [-0.4, -0.2) is 53.2 Å². The quantitative estimate of drug-likeness (QED) is 0.760. The molecule has 2 aliphatic heterocycles. The minimum atomic E-state index is -0.630. The molecule has 2 fully saturated rings. The zero-order valence-corrected chi connectivity index (χ0v) is 16.1. The molecule has 2 heterocycles. The lowest BCUT2D eigenvalue weighted by molar-refractivity contribution is -0.140. The predicted molar refractivity (Wildman–Crippen MR) is 101 cm³/mol. The number of hydrogen-bond acceptors (Lipinski definition) is 3. The molecule has 1 atom stereocenters. The van der Waals surface area contributed by atoms with Gasteiger partial charge in [0.15, 0.2) is 0 Å². The Hall–Kier alpha value is -1.89. The van der Waals surface area contributed by atoms with E-state index in [-0.39, 0.29) is 30.2 Å². The van der Waals surface area contributed by atoms with Crippen LogP contribution in [0.15, 0.2) is 22.7 Å². The van der Waals surface area contributed by atoms with Gasteiger partial charge in [-0.1, -0.05) is 35.2 Å². The van der Waals surface area contributed by atoms with Crippen LogP contribution < -0.4 is 5.32 Å². The lowest BCUT2D eigenvalue weighted by Crippen LogP contribution is -2.60. The van der Waals surface area contributed by atoms with Crippen LogP contribution in [-0.2, 0) is 9.59 Å². The van der Waals surface area contributed by atoms with Crippen molar-refractivity contribution in [1.29, 1.82) is 0 Å². The largest absolute Gasteiger partial charge is 0.338 e. The number of nitrogens with zero attached hydrogens (tertiary/aromatic N) is 2. The number of hydrogen-bond donors (Lipinski definition) is 1. The monoisotopic (exact) mass is 419 g/mol. The summed E-state index contributed by atoms with van der Waals surface area (Å²) in [5.74, 6) is -0.155. The van der Waals surface area contributed by atoms with Gasteiger partial charge in [0.2, 0.25) is 11.8 Å². The first kappa shape index (κ1) is 17.5. The molecule has 1 aromatic carbocycles. The standard InChI is InChI=1S/C19H22BrN3O3/c20-13-6-7-15-14(10-13)19(26)23-9-8-22(11-16(23)17(24)21-15)18(25)12-4-2-1-3-5-12/h6-7,10,12,16H,1-5,8-9,11H2,(H,21,24). The van der Waals surface area contributed by atoms with Crippen molar-refractivity contribution in [3.05, 3.63) is 28.2 Å². The molecule has 138 valence electrons. The van der Waals surface area contributed by atoms with E-state index in [9.17, 15) is 14.4 Å². The van der Waals surface area contributed by atoms with Crippen LogP contribution in [0.25, 0.3) is 0 Å². The normalized spacial score (nSPS) is 23.8. The minimum absolute atomic E-state index is 0.0768. The third-order valence-electron chi connectivity index (χ3n) is 5.68. The van der Waals surface area contributed by atoms with E-state index >= 15 is 0 Å². The van der Waals surface area contributed by atoms with E-state index in [1.54, 1.807) is 28.0 Å². The first-order chi connectivity index (χ1) is 12.5. The van der Waals surface area contributed by atoms with Crippen molar-refractivity contribution in [1.82, 2.24) is 9.80 Å². The summed E-state index contributed by atoms with van der Waals surface area (Å²) >= 11 is 3.38. The molecule has 1 saturated heterocycles. The van der Waals surface area contributed by atoms with Crippen molar-refractivity contribution in [2.24, 2.45) is 5.92 Å². The van der Waals surface area contributed by atoms with Gasteiger partial charge in [0.1, 0.15) is 6.04 Å². The molecule has 0 bridgehead atoms. The first-order valence-corrected chi connectivity index (χ1v) is 10.0. The average Bonchev–Trinajstić information content (AvgIpc) is 2.77. The van der Waals surface area contributed by atoms with Gasteiger partial charge in [0.05, 0.1) is 17.8 Å². The Balaban J connectivity index is 1.55. The van der Waals surface area contributed by atoms with E-state index in [0.717, 1.165) is 30.2 Å². The minimum Gasteiger partial charge on any atom is -0.338 e. The summed E-state index contributed by atoms with van der Waals surface area (Å²) in [4.78, 5) is 41.9. The molecule has 1 N–H and O–H groups in total. The second kappa shape index (κ2) is 7.02. The summed E-state index contributed by atoms with van der Waals surface area (Å²) in [6, 6.07) is 4.64. The van der Waals surface area contributed by atoms with Gasteiger partial charge in [-0.25, -0.2) is 0 Å². The van der Waals surface area contributed by atoms with Crippen LogP contribution in [0.5, 0.6) is 0 Å². The van der Waals surface area contributed by atoms with Gasteiger partial charge < -0.3 is 15.1 Å². The molecule has 1 unspecified atom stereocenters. The summed E-state index contributed by atoms with van der Waals surface area (Å²) in [5, 5.41) is 2.86. The second-order valence-corrected chi connectivity index (χ2v) is 8.23. The Labute approximate surface area is 161 Å². The number of halogens is 1. The molecule has 3 aliphatic rings. The van der Waals surface area contributed by atoms with Gasteiger partial charge in [-0.2, -0.15) is 0 Å². The fourth-order valence-corrected chi connectivity index (χ4v) is 4.59. The van der Waals surface area contributed by atoms with Crippen LogP contribution in [0.2, 0.25) is 0 Å². The molecule has 0 spiro atoms. The SMILES string of the molecule is O=C1Nc2ccc(Br)cc2C(=O)N2CCN(C(=O)C3CCCCC3)CC12. The van der Waals surface area contributed by atoms with E-state index in [2.05, 4.69) is 21.2 Å². The number of fused-ring (bicyclic) bond motifs is 2. The van der Waals surface area contributed by atoms with Crippen molar-refractivity contribution >= 4 is 39.3 Å². The number of benzene rings is 1. The maximum absolute atomic E-state index is 13.0. The van der Waals surface area contributed by atoms with Gasteiger partial charge >= 0.3 is 0 Å². The van der Waals surface area contributed by atoms with Crippen molar-refractivity contribution in [2.45, 2.75) is 38.1 Å². The Morgan fingerprint density at radius 1 is 1.12 bits per heavy atom. The zero-order valence-electron chi connectivity index (χ0n) is 14.5. The molecule has 1 aliphatic carbocycles. The molecule has 6 nitrogen and oxygen atoms in total. The number of carbonyl (C=O) groups excluding carboxylic acids is 3. The number of nitrogens with one attached hydrogen (secondary N) is 1. The van der Waals surface area contributed by atoms with Gasteiger partial charge in [0, 0.05) is 23.5 Å². The summed E-state index contributed by atoms with van der Waals surface area (Å²) in [7, 11) is 0. The fourth-order valence-electron chi connectivity index (χ4n) is 4.23. The summed E-state index contributed by atoms with van der Waals surface area (Å²) in [5.41, 5.74) is 1.02. The van der Waals surface area contributed by atoms with E-state index in [1.807, 2.05) is 0 Å². The second-order valence-electron chi connectivity index (χ2n) is 7.31. The molecule has 4 rings (SSSR count). The number of piperazine rings is 1. The van der Waals surface area contributed by atoms with Crippen LogP contribution in [0.1, 0.15) is 42.5 Å². The highest BCUT2D eigenvalue weighted by Crippen LogP contribution is 2.30. The number of anilines is 1. The Kier molecular flexibility index (Phi) is 4.73. The molecule has 3 amide bonds. The maximum Gasteiger partial charge on any atom is 0.256 e. The van der Waals surface area contributed by atoms with Crippen molar-refractivity contribution < 1.29 is 14.4 Å². The highest BCUT2D eigenvalue weighted by atomic mass is 79.9. The molecule has 26 heavy (non-hydrogen) atoms. The van der Waals surface area contributed by atoms with Gasteiger partial charge in [-0.3, -0.25) is 14.4 Å². The van der Waals surface area contributed by atoms with Crippen LogP contribution in [0, 0.1) is 5.92 Å². The maximum atomic E-state index is 13.0. The molecule has 0 radical (unpaired) electrons. The van der Waals surface area contributed by atoms with Gasteiger partial charge in [-0.05, 0) is 31.0 Å². The number of carbonyl (C=O) groups is 3. The summed E-state index contributed by atoms with van der Waals surface area (Å²) in [6.07, 6.45) is 5.28. The van der Waals surface area contributed by atoms with Gasteiger partial charge in [0.25, 0.3) is 5.91 Å². The van der Waals surface area contributed by atoms with Crippen molar-refractivity contribution in [2.75, 3.05) is 25.0 Å². The molecule has 0 aromatic heterocycles. The molecule has 7 heteroatoms.